The summed E-state index contributed by atoms with van der Waals surface area (Å²) in [7, 11) is -17.4. The van der Waals surface area contributed by atoms with Gasteiger partial charge in [0.25, 0.3) is 0 Å². The molecule has 2 fully saturated rings. The van der Waals surface area contributed by atoms with E-state index in [4.69, 9.17) is 36.8 Å². The van der Waals surface area contributed by atoms with Crippen LogP contribution in [0.1, 0.15) is 6.23 Å². The summed E-state index contributed by atoms with van der Waals surface area (Å²) in [6.45, 7) is 0. The Morgan fingerprint density at radius 2 is 1.84 bits per heavy atom. The van der Waals surface area contributed by atoms with Gasteiger partial charge in [-0.2, -0.15) is 13.6 Å². The number of rotatable bonds is 8. The Bertz CT molecular complexity index is 1140. The Kier molecular flexibility index (Phi) is 6.32. The van der Waals surface area contributed by atoms with Gasteiger partial charge in [0, 0.05) is 0 Å². The highest BCUT2D eigenvalue weighted by molar-refractivity contribution is 7.66. The SMILES string of the molecule is Nc1nc(=O)n([C@@H]2O[C@]3(CCl)C(OP(=O)(O)OP(=O)(O)OP(=O)(O)O)[C@]3(O)[C@H]2F)cc1F. The molecule has 0 spiro atoms. The van der Waals surface area contributed by atoms with Gasteiger partial charge < -0.3 is 35.2 Å². The lowest BCUT2D eigenvalue weighted by molar-refractivity contribution is -0.0855. The standard InChI is InChI=1S/C10H13ClF2N3O13P3/c11-2-9-7(27-31(22,23)29-32(24,25)28-30(19,20)21)10(9,18)4(13)6(26-9)16-1-3(12)5(14)15-8(16)17/h1,4,6-7,18H,2H2,(H,22,23)(H,24,25)(H2,14,15,17)(H2,19,20,21)/t4-,6+,7?,9+,10+/m0/s1. The van der Waals surface area contributed by atoms with Crippen molar-refractivity contribution in [3.63, 3.8) is 0 Å². The average Bonchev–Trinajstić information content (AvgIpc) is 2.98. The van der Waals surface area contributed by atoms with E-state index in [-0.39, 0.29) is 4.57 Å². The minimum atomic E-state index is -5.90. The minimum Gasteiger partial charge on any atom is -0.381 e. The molecule has 1 aromatic rings. The van der Waals surface area contributed by atoms with Crippen molar-refractivity contribution in [1.82, 2.24) is 9.55 Å². The van der Waals surface area contributed by atoms with E-state index in [1.54, 1.807) is 0 Å². The lowest BCUT2D eigenvalue weighted by Crippen LogP contribution is -2.39. The Morgan fingerprint density at radius 1 is 1.25 bits per heavy atom. The van der Waals surface area contributed by atoms with Crippen molar-refractivity contribution in [3.8, 4) is 0 Å². The molecule has 7 N–H and O–H groups in total. The number of nitrogen functional groups attached to an aromatic ring is 1. The Balaban J connectivity index is 1.84. The Hall–Kier alpha value is -0.840. The molecule has 0 amide bonds. The number of phosphoric ester groups is 1. The Morgan fingerprint density at radius 3 is 2.34 bits per heavy atom. The summed E-state index contributed by atoms with van der Waals surface area (Å²) in [5, 5.41) is 10.6. The number of anilines is 1. The summed E-state index contributed by atoms with van der Waals surface area (Å²) in [5.41, 5.74) is -1.37. The fourth-order valence-corrected chi connectivity index (χ4v) is 6.82. The molecular weight excluding hydrogens is 536 g/mol. The van der Waals surface area contributed by atoms with E-state index < -0.39 is 76.4 Å². The van der Waals surface area contributed by atoms with Gasteiger partial charge >= 0.3 is 29.2 Å². The minimum absolute atomic E-state index is 0.288. The molecule has 16 nitrogen and oxygen atoms in total. The van der Waals surface area contributed by atoms with E-state index in [2.05, 4.69) is 18.1 Å². The highest BCUT2D eigenvalue weighted by Crippen LogP contribution is 2.72. The van der Waals surface area contributed by atoms with Gasteiger partial charge in [-0.15, -0.1) is 11.6 Å². The smallest absolute Gasteiger partial charge is 0.381 e. The summed E-state index contributed by atoms with van der Waals surface area (Å²) < 4.78 is 79.6. The molecule has 2 heterocycles. The van der Waals surface area contributed by atoms with Crippen LogP contribution in [0.2, 0.25) is 0 Å². The number of nitrogens with zero attached hydrogens (tertiary/aromatic N) is 2. The van der Waals surface area contributed by atoms with Gasteiger partial charge in [-0.3, -0.25) is 9.09 Å². The quantitative estimate of drug-likeness (QED) is 0.173. The van der Waals surface area contributed by atoms with Crippen molar-refractivity contribution in [2.75, 3.05) is 11.6 Å². The summed E-state index contributed by atoms with van der Waals surface area (Å²) in [6, 6.07) is 0. The van der Waals surface area contributed by atoms with Crippen LogP contribution in [0.3, 0.4) is 0 Å². The summed E-state index contributed by atoms with van der Waals surface area (Å²) in [4.78, 5) is 50.7. The molecule has 1 aliphatic carbocycles. The van der Waals surface area contributed by atoms with Crippen molar-refractivity contribution in [3.05, 3.63) is 22.5 Å². The monoisotopic (exact) mass is 549 g/mol. The normalized spacial score (nSPS) is 35.7. The number of nitrogens with two attached hydrogens (primary N) is 1. The first-order valence-electron chi connectivity index (χ1n) is 7.86. The zero-order valence-electron chi connectivity index (χ0n) is 15.0. The second-order valence-corrected chi connectivity index (χ2v) is 11.1. The van der Waals surface area contributed by atoms with Crippen molar-refractivity contribution in [2.24, 2.45) is 0 Å². The number of hydrogen-bond acceptors (Lipinski definition) is 11. The van der Waals surface area contributed by atoms with Crippen LogP contribution in [0, 0.1) is 5.82 Å². The first-order chi connectivity index (χ1) is 14.4. The molecule has 1 saturated heterocycles. The molecule has 7 atom stereocenters. The van der Waals surface area contributed by atoms with Crippen LogP contribution < -0.4 is 11.4 Å². The predicted molar refractivity (Wildman–Crippen MR) is 95.0 cm³/mol. The number of phosphoric acid groups is 3. The third kappa shape index (κ3) is 4.32. The Labute approximate surface area is 179 Å². The van der Waals surface area contributed by atoms with Crippen LogP contribution in [0.5, 0.6) is 0 Å². The molecule has 0 radical (unpaired) electrons. The first-order valence-corrected chi connectivity index (χ1v) is 12.9. The summed E-state index contributed by atoms with van der Waals surface area (Å²) >= 11 is 5.67. The average molecular weight is 550 g/mol. The summed E-state index contributed by atoms with van der Waals surface area (Å²) in [5.74, 6) is -2.89. The van der Waals surface area contributed by atoms with Gasteiger partial charge in [-0.25, -0.2) is 27.3 Å². The first kappa shape index (κ1) is 25.8. The van der Waals surface area contributed by atoms with Crippen molar-refractivity contribution in [1.29, 1.82) is 0 Å². The second-order valence-electron chi connectivity index (χ2n) is 6.50. The number of aliphatic hydroxyl groups is 1. The van der Waals surface area contributed by atoms with E-state index in [1.165, 1.54) is 0 Å². The van der Waals surface area contributed by atoms with Crippen LogP contribution >= 0.6 is 35.1 Å². The highest BCUT2D eigenvalue weighted by Gasteiger charge is 2.90. The molecule has 0 aromatic carbocycles. The van der Waals surface area contributed by atoms with Crippen LogP contribution in [0.4, 0.5) is 14.6 Å². The largest absolute Gasteiger partial charge is 0.490 e. The van der Waals surface area contributed by atoms with Gasteiger partial charge in [-0.05, 0) is 0 Å². The fourth-order valence-electron chi connectivity index (χ4n) is 3.15. The topological polar surface area (TPSA) is 250 Å². The molecule has 0 bridgehead atoms. The second kappa shape index (κ2) is 7.85. The number of aromatic nitrogens is 2. The number of alkyl halides is 2. The molecular formula is C10H13ClF2N3O13P3. The molecule has 22 heteroatoms. The van der Waals surface area contributed by atoms with Gasteiger partial charge in [0.05, 0.1) is 12.1 Å². The van der Waals surface area contributed by atoms with Gasteiger partial charge in [0.1, 0.15) is 11.7 Å². The molecule has 3 rings (SSSR count). The molecule has 1 aromatic heterocycles. The summed E-state index contributed by atoms with van der Waals surface area (Å²) in [6.07, 6.45) is -6.45. The predicted octanol–water partition coefficient (Wildman–Crippen LogP) is -0.734. The zero-order valence-corrected chi connectivity index (χ0v) is 18.4. The van der Waals surface area contributed by atoms with E-state index in [9.17, 15) is 32.9 Å². The van der Waals surface area contributed by atoms with Gasteiger partial charge in [0.2, 0.25) is 0 Å². The van der Waals surface area contributed by atoms with Crippen molar-refractivity contribution in [2.45, 2.75) is 29.7 Å². The van der Waals surface area contributed by atoms with Crippen molar-refractivity contribution >= 4 is 40.9 Å². The highest BCUT2D eigenvalue weighted by atomic mass is 35.5. The molecule has 1 aliphatic heterocycles. The molecule has 2 aliphatic rings. The third-order valence-electron chi connectivity index (χ3n) is 4.48. The van der Waals surface area contributed by atoms with E-state index in [0.29, 0.717) is 6.20 Å². The molecule has 182 valence electrons. The zero-order chi connectivity index (χ0) is 24.5. The van der Waals surface area contributed by atoms with Gasteiger partial charge in [-0.1, -0.05) is 0 Å². The maximum absolute atomic E-state index is 15.0. The molecule has 32 heavy (non-hydrogen) atoms. The number of ether oxygens (including phenoxy) is 1. The maximum atomic E-state index is 15.0. The molecule has 3 unspecified atom stereocenters. The van der Waals surface area contributed by atoms with E-state index >= 15 is 4.39 Å². The lowest BCUT2D eigenvalue weighted by atomic mass is 10.1. The van der Waals surface area contributed by atoms with Crippen LogP contribution in [0.25, 0.3) is 0 Å². The van der Waals surface area contributed by atoms with Crippen LogP contribution in [0.15, 0.2) is 11.0 Å². The molecule has 1 saturated carbocycles. The van der Waals surface area contributed by atoms with E-state index in [1.807, 2.05) is 0 Å². The van der Waals surface area contributed by atoms with E-state index in [0.717, 1.165) is 0 Å². The fraction of sp³-hybridized carbons (Fsp3) is 0.600. The van der Waals surface area contributed by atoms with Crippen LogP contribution in [-0.4, -0.2) is 63.6 Å². The maximum Gasteiger partial charge on any atom is 0.490 e. The number of fused-ring (bicyclic) bond motifs is 1. The van der Waals surface area contributed by atoms with Crippen LogP contribution in [-0.2, 0) is 31.6 Å². The number of hydrogen-bond donors (Lipinski definition) is 6. The number of halogens is 3. The third-order valence-corrected chi connectivity index (χ3v) is 8.68. The lowest BCUT2D eigenvalue weighted by Gasteiger charge is -2.24. The van der Waals surface area contributed by atoms with Crippen molar-refractivity contribution < 1.29 is 65.0 Å². The van der Waals surface area contributed by atoms with Gasteiger partial charge in [0.15, 0.2) is 29.6 Å².